The van der Waals surface area contributed by atoms with E-state index in [9.17, 15) is 13.2 Å². The lowest BCUT2D eigenvalue weighted by Crippen LogP contribution is -2.50. The van der Waals surface area contributed by atoms with E-state index < -0.39 is 16.0 Å². The number of carbonyl (C=O) groups excluding carboxylic acids is 1. The summed E-state index contributed by atoms with van der Waals surface area (Å²) in [5.74, 6) is -0.558. The normalized spacial score (nSPS) is 22.9. The van der Waals surface area contributed by atoms with Crippen molar-refractivity contribution in [3.63, 3.8) is 0 Å². The van der Waals surface area contributed by atoms with Crippen molar-refractivity contribution in [2.75, 3.05) is 7.11 Å². The molecule has 0 saturated heterocycles. The zero-order chi connectivity index (χ0) is 14.2. The van der Waals surface area contributed by atoms with E-state index in [1.165, 1.54) is 13.2 Å². The van der Waals surface area contributed by atoms with Gasteiger partial charge in [0.05, 0.1) is 10.9 Å². The molecular formula is C10H13BrN2O4S2. The number of hydrogen-bond donors (Lipinski definition) is 2. The van der Waals surface area contributed by atoms with E-state index >= 15 is 0 Å². The third-order valence-corrected chi connectivity index (χ3v) is 6.58. The molecule has 0 bridgehead atoms. The van der Waals surface area contributed by atoms with Gasteiger partial charge in [-0.15, -0.1) is 11.3 Å². The maximum absolute atomic E-state index is 12.2. The number of halogens is 1. The number of nitrogens with one attached hydrogen (secondary N) is 1. The lowest BCUT2D eigenvalue weighted by atomic mass is 9.89. The Hall–Kier alpha value is -0.480. The highest BCUT2D eigenvalue weighted by molar-refractivity contribution is 9.11. The number of thiophene rings is 1. The van der Waals surface area contributed by atoms with E-state index in [0.29, 0.717) is 16.6 Å². The summed E-state index contributed by atoms with van der Waals surface area (Å²) in [6, 6.07) is 1.24. The Kier molecular flexibility index (Phi) is 4.31. The van der Waals surface area contributed by atoms with Crippen molar-refractivity contribution >= 4 is 43.3 Å². The molecule has 6 nitrogen and oxygen atoms in total. The van der Waals surface area contributed by atoms with Crippen molar-refractivity contribution in [3.8, 4) is 0 Å². The third kappa shape index (κ3) is 3.16. The van der Waals surface area contributed by atoms with Gasteiger partial charge >= 0.3 is 5.97 Å². The summed E-state index contributed by atoms with van der Waals surface area (Å²) in [5, 5.41) is 0. The molecule has 3 N–H and O–H groups in total. The van der Waals surface area contributed by atoms with Gasteiger partial charge in [-0.2, -0.15) is 0 Å². The first-order valence-corrected chi connectivity index (χ1v) is 8.58. The summed E-state index contributed by atoms with van der Waals surface area (Å²) in [4.78, 5) is 11.7. The van der Waals surface area contributed by atoms with Gasteiger partial charge in [-0.25, -0.2) is 17.9 Å². The Morgan fingerprint density at radius 2 is 2.21 bits per heavy atom. The summed E-state index contributed by atoms with van der Waals surface area (Å²) in [5.41, 5.74) is 5.61. The topological polar surface area (TPSA) is 98.5 Å². The van der Waals surface area contributed by atoms with Crippen LogP contribution in [0.4, 0.5) is 0 Å². The van der Waals surface area contributed by atoms with Crippen LogP contribution in [0.15, 0.2) is 14.7 Å². The zero-order valence-corrected chi connectivity index (χ0v) is 13.3. The molecule has 0 radical (unpaired) electrons. The molecule has 9 heteroatoms. The maximum Gasteiger partial charge on any atom is 0.348 e. The van der Waals surface area contributed by atoms with Crippen LogP contribution in [0.5, 0.6) is 0 Å². The molecule has 0 atom stereocenters. The van der Waals surface area contributed by atoms with Gasteiger partial charge in [-0.3, -0.25) is 0 Å². The van der Waals surface area contributed by atoms with Crippen LogP contribution in [-0.2, 0) is 14.8 Å². The average Bonchev–Trinajstić information content (AvgIpc) is 2.69. The molecule has 1 aliphatic carbocycles. The molecule has 19 heavy (non-hydrogen) atoms. The van der Waals surface area contributed by atoms with Gasteiger partial charge in [-0.05, 0) is 34.8 Å². The van der Waals surface area contributed by atoms with Gasteiger partial charge in [0.2, 0.25) is 10.0 Å². The van der Waals surface area contributed by atoms with E-state index in [-0.39, 0.29) is 21.9 Å². The molecule has 0 spiro atoms. The first-order chi connectivity index (χ1) is 8.83. The van der Waals surface area contributed by atoms with Gasteiger partial charge in [0.15, 0.2) is 0 Å². The number of nitrogens with two attached hydrogens (primary N) is 1. The number of carbonyl (C=O) groups is 1. The van der Waals surface area contributed by atoms with E-state index in [1.54, 1.807) is 0 Å². The Morgan fingerprint density at radius 1 is 1.58 bits per heavy atom. The summed E-state index contributed by atoms with van der Waals surface area (Å²) < 4.78 is 31.8. The highest BCUT2D eigenvalue weighted by Gasteiger charge is 2.32. The van der Waals surface area contributed by atoms with Crippen molar-refractivity contribution in [1.82, 2.24) is 4.72 Å². The molecule has 0 aliphatic heterocycles. The van der Waals surface area contributed by atoms with E-state index in [4.69, 9.17) is 5.73 Å². The fraction of sp³-hybridized carbons (Fsp3) is 0.500. The van der Waals surface area contributed by atoms with Crippen molar-refractivity contribution in [2.45, 2.75) is 29.8 Å². The fourth-order valence-corrected chi connectivity index (χ4v) is 5.52. The first-order valence-electron chi connectivity index (χ1n) is 5.49. The standard InChI is InChI=1S/C10H13BrN2O4S2/c1-17-10(14)7-4-8(9(11)18-7)19(15,16)13-6-2-5(12)3-6/h4-6,13H,2-3,12H2,1H3. The second kappa shape index (κ2) is 5.49. The van der Waals surface area contributed by atoms with E-state index in [2.05, 4.69) is 25.4 Å². The van der Waals surface area contributed by atoms with Gasteiger partial charge in [0.1, 0.15) is 9.77 Å². The molecule has 1 heterocycles. The Labute approximate surface area is 123 Å². The molecule has 2 rings (SSSR count). The lowest BCUT2D eigenvalue weighted by Gasteiger charge is -2.32. The van der Waals surface area contributed by atoms with Crippen LogP contribution < -0.4 is 10.5 Å². The van der Waals surface area contributed by atoms with Gasteiger partial charge in [0, 0.05) is 12.1 Å². The quantitative estimate of drug-likeness (QED) is 0.774. The summed E-state index contributed by atoms with van der Waals surface area (Å²) in [6.45, 7) is 0. The molecule has 106 valence electrons. The van der Waals surface area contributed by atoms with Crippen LogP contribution >= 0.6 is 27.3 Å². The number of sulfonamides is 1. The number of rotatable bonds is 4. The van der Waals surface area contributed by atoms with E-state index in [0.717, 1.165) is 11.3 Å². The van der Waals surface area contributed by atoms with Crippen molar-refractivity contribution < 1.29 is 17.9 Å². The van der Waals surface area contributed by atoms with Crippen LogP contribution in [0.2, 0.25) is 0 Å². The minimum atomic E-state index is -3.65. The molecular weight excluding hydrogens is 356 g/mol. The lowest BCUT2D eigenvalue weighted by molar-refractivity contribution is 0.0606. The number of ether oxygens (including phenoxy) is 1. The molecule has 0 unspecified atom stereocenters. The Bertz CT molecular complexity index is 593. The Balaban J connectivity index is 2.20. The van der Waals surface area contributed by atoms with Gasteiger partial charge < -0.3 is 10.5 Å². The van der Waals surface area contributed by atoms with Crippen LogP contribution in [-0.4, -0.2) is 33.6 Å². The first kappa shape index (κ1) is 14.9. The molecule has 1 fully saturated rings. The summed E-state index contributed by atoms with van der Waals surface area (Å²) >= 11 is 4.18. The average molecular weight is 369 g/mol. The minimum Gasteiger partial charge on any atom is -0.465 e. The van der Waals surface area contributed by atoms with Crippen molar-refractivity contribution in [1.29, 1.82) is 0 Å². The second-order valence-electron chi connectivity index (χ2n) is 4.29. The highest BCUT2D eigenvalue weighted by Crippen LogP contribution is 2.33. The summed E-state index contributed by atoms with van der Waals surface area (Å²) in [7, 11) is -2.40. The van der Waals surface area contributed by atoms with Crippen molar-refractivity contribution in [3.05, 3.63) is 14.7 Å². The molecule has 1 aromatic heterocycles. The van der Waals surface area contributed by atoms with Crippen LogP contribution in [0.1, 0.15) is 22.5 Å². The highest BCUT2D eigenvalue weighted by atomic mass is 79.9. The molecule has 1 saturated carbocycles. The second-order valence-corrected chi connectivity index (χ2v) is 8.34. The van der Waals surface area contributed by atoms with Crippen LogP contribution in [0.3, 0.4) is 0 Å². The summed E-state index contributed by atoms with van der Waals surface area (Å²) in [6.07, 6.45) is 1.26. The zero-order valence-electron chi connectivity index (χ0n) is 10.1. The van der Waals surface area contributed by atoms with Crippen molar-refractivity contribution in [2.24, 2.45) is 5.73 Å². The number of methoxy groups -OCH3 is 1. The minimum absolute atomic E-state index is 0.0540. The van der Waals surface area contributed by atoms with E-state index in [1.807, 2.05) is 0 Å². The number of esters is 1. The van der Waals surface area contributed by atoms with Gasteiger partial charge in [-0.1, -0.05) is 0 Å². The number of hydrogen-bond acceptors (Lipinski definition) is 6. The van der Waals surface area contributed by atoms with Crippen LogP contribution in [0, 0.1) is 0 Å². The molecule has 1 aliphatic rings. The van der Waals surface area contributed by atoms with Crippen LogP contribution in [0.25, 0.3) is 0 Å². The Morgan fingerprint density at radius 3 is 2.74 bits per heavy atom. The predicted molar refractivity (Wildman–Crippen MR) is 74.7 cm³/mol. The monoisotopic (exact) mass is 368 g/mol. The molecule has 1 aromatic rings. The largest absolute Gasteiger partial charge is 0.465 e. The molecule has 0 amide bonds. The van der Waals surface area contributed by atoms with Gasteiger partial charge in [0.25, 0.3) is 0 Å². The smallest absolute Gasteiger partial charge is 0.348 e. The SMILES string of the molecule is COC(=O)c1cc(S(=O)(=O)NC2CC(N)C2)c(Br)s1. The third-order valence-electron chi connectivity index (χ3n) is 2.83. The fourth-order valence-electron chi connectivity index (χ4n) is 1.78. The predicted octanol–water partition coefficient (Wildman–Crippen LogP) is 1.07. The maximum atomic E-state index is 12.2. The molecule has 0 aromatic carbocycles.